The predicted octanol–water partition coefficient (Wildman–Crippen LogP) is 1.90. The summed E-state index contributed by atoms with van der Waals surface area (Å²) < 4.78 is 29.3. The summed E-state index contributed by atoms with van der Waals surface area (Å²) in [6, 6.07) is 0. The van der Waals surface area contributed by atoms with E-state index in [1.807, 2.05) is 0 Å². The fourth-order valence-corrected chi connectivity index (χ4v) is 1.34. The second kappa shape index (κ2) is 7.98. The van der Waals surface area contributed by atoms with Crippen LogP contribution < -0.4 is 0 Å². The van der Waals surface area contributed by atoms with Gasteiger partial charge in [-0.2, -0.15) is 0 Å². The van der Waals surface area contributed by atoms with Gasteiger partial charge in [0.05, 0.1) is 12.6 Å². The van der Waals surface area contributed by atoms with E-state index in [9.17, 15) is 13.6 Å². The van der Waals surface area contributed by atoms with Gasteiger partial charge in [-0.1, -0.05) is 15.9 Å². The Morgan fingerprint density at radius 2 is 2.07 bits per heavy atom. The van der Waals surface area contributed by atoms with E-state index >= 15 is 0 Å². The Morgan fingerprint density at radius 3 is 2.47 bits per heavy atom. The lowest BCUT2D eigenvalue weighted by Gasteiger charge is -2.21. The lowest BCUT2D eigenvalue weighted by atomic mass is 10.4. The molecular weight excluding hydrogens is 272 g/mol. The van der Waals surface area contributed by atoms with E-state index in [2.05, 4.69) is 15.9 Å². The first-order chi connectivity index (χ1) is 6.97. The molecule has 1 amide bonds. The molecular formula is C9H16BrF2NO2. The first-order valence-electron chi connectivity index (χ1n) is 4.70. The molecule has 0 unspecified atom stereocenters. The molecule has 0 aromatic heterocycles. The quantitative estimate of drug-likeness (QED) is 0.670. The topological polar surface area (TPSA) is 29.5 Å². The fraction of sp³-hybridized carbons (Fsp3) is 0.889. The molecule has 0 aliphatic carbocycles. The monoisotopic (exact) mass is 287 g/mol. The SMILES string of the molecule is CC(C)OCC(=O)N(CCBr)CC(F)F. The van der Waals surface area contributed by atoms with Crippen LogP contribution in [0.4, 0.5) is 8.78 Å². The first-order valence-corrected chi connectivity index (χ1v) is 5.83. The van der Waals surface area contributed by atoms with Crippen molar-refractivity contribution in [3.05, 3.63) is 0 Å². The van der Waals surface area contributed by atoms with Crippen molar-refractivity contribution in [1.82, 2.24) is 4.90 Å². The predicted molar refractivity (Wildman–Crippen MR) is 57.5 cm³/mol. The van der Waals surface area contributed by atoms with Gasteiger partial charge >= 0.3 is 0 Å². The van der Waals surface area contributed by atoms with Gasteiger partial charge in [0.1, 0.15) is 6.61 Å². The molecule has 0 aliphatic rings. The maximum Gasteiger partial charge on any atom is 0.255 e. The van der Waals surface area contributed by atoms with Crippen molar-refractivity contribution in [2.24, 2.45) is 0 Å². The maximum absolute atomic E-state index is 12.1. The van der Waals surface area contributed by atoms with Crippen LogP contribution in [-0.2, 0) is 9.53 Å². The Balaban J connectivity index is 4.04. The number of carbonyl (C=O) groups is 1. The van der Waals surface area contributed by atoms with E-state index in [0.717, 1.165) is 4.90 Å². The lowest BCUT2D eigenvalue weighted by Crippen LogP contribution is -2.39. The summed E-state index contributed by atoms with van der Waals surface area (Å²) >= 11 is 3.11. The molecule has 0 saturated carbocycles. The van der Waals surface area contributed by atoms with Gasteiger partial charge < -0.3 is 9.64 Å². The largest absolute Gasteiger partial charge is 0.369 e. The summed E-state index contributed by atoms with van der Waals surface area (Å²) in [7, 11) is 0. The Labute approximate surface area is 96.9 Å². The summed E-state index contributed by atoms with van der Waals surface area (Å²) in [5, 5.41) is 0.479. The van der Waals surface area contributed by atoms with Crippen LogP contribution >= 0.6 is 15.9 Å². The highest BCUT2D eigenvalue weighted by Gasteiger charge is 2.17. The Bertz CT molecular complexity index is 191. The Morgan fingerprint density at radius 1 is 1.47 bits per heavy atom. The molecule has 0 aromatic rings. The number of nitrogens with zero attached hydrogens (tertiary/aromatic N) is 1. The minimum atomic E-state index is -2.51. The Kier molecular flexibility index (Phi) is 7.86. The molecule has 0 fully saturated rings. The second-order valence-corrected chi connectivity index (χ2v) is 4.07. The van der Waals surface area contributed by atoms with Crippen molar-refractivity contribution in [2.75, 3.05) is 25.0 Å². The molecule has 0 saturated heterocycles. The van der Waals surface area contributed by atoms with Gasteiger partial charge in [-0.25, -0.2) is 8.78 Å². The standard InChI is InChI=1S/C9H16BrF2NO2/c1-7(2)15-6-9(14)13(4-3-10)5-8(11)12/h7-8H,3-6H2,1-2H3. The highest BCUT2D eigenvalue weighted by molar-refractivity contribution is 9.09. The van der Waals surface area contributed by atoms with Crippen molar-refractivity contribution in [3.8, 4) is 0 Å². The van der Waals surface area contributed by atoms with Crippen molar-refractivity contribution < 1.29 is 18.3 Å². The molecule has 0 aromatic carbocycles. The number of rotatable bonds is 7. The third-order valence-corrected chi connectivity index (χ3v) is 1.96. The molecule has 0 aliphatic heterocycles. The van der Waals surface area contributed by atoms with Crippen molar-refractivity contribution in [3.63, 3.8) is 0 Å². The zero-order chi connectivity index (χ0) is 11.8. The third-order valence-electron chi connectivity index (χ3n) is 1.61. The number of halogens is 3. The van der Waals surface area contributed by atoms with E-state index in [1.165, 1.54) is 0 Å². The molecule has 0 rings (SSSR count). The van der Waals surface area contributed by atoms with Crippen LogP contribution in [0.1, 0.15) is 13.8 Å². The molecule has 0 bridgehead atoms. The summed E-state index contributed by atoms with van der Waals surface area (Å²) in [5.41, 5.74) is 0. The average molecular weight is 288 g/mol. The molecule has 0 spiro atoms. The zero-order valence-corrected chi connectivity index (χ0v) is 10.5. The van der Waals surface area contributed by atoms with E-state index in [1.54, 1.807) is 13.8 Å². The van der Waals surface area contributed by atoms with Gasteiger partial charge in [0.2, 0.25) is 5.91 Å². The smallest absolute Gasteiger partial charge is 0.255 e. The van der Waals surface area contributed by atoms with Crippen LogP contribution in [0.15, 0.2) is 0 Å². The van der Waals surface area contributed by atoms with Crippen LogP contribution in [0.3, 0.4) is 0 Å². The van der Waals surface area contributed by atoms with Gasteiger partial charge in [-0.15, -0.1) is 0 Å². The summed E-state index contributed by atoms with van der Waals surface area (Å²) in [6.45, 7) is 3.17. The van der Waals surface area contributed by atoms with Crippen molar-refractivity contribution in [2.45, 2.75) is 26.4 Å². The normalized spacial score (nSPS) is 11.1. The molecule has 6 heteroatoms. The third kappa shape index (κ3) is 7.67. The van der Waals surface area contributed by atoms with Crippen molar-refractivity contribution in [1.29, 1.82) is 0 Å². The van der Waals surface area contributed by atoms with Gasteiger partial charge in [-0.05, 0) is 13.8 Å². The minimum Gasteiger partial charge on any atom is -0.369 e. The number of alkyl halides is 3. The zero-order valence-electron chi connectivity index (χ0n) is 8.88. The van der Waals surface area contributed by atoms with Crippen molar-refractivity contribution >= 4 is 21.8 Å². The number of carbonyl (C=O) groups excluding carboxylic acids is 1. The van der Waals surface area contributed by atoms with Crippen LogP contribution in [0.2, 0.25) is 0 Å². The molecule has 3 nitrogen and oxygen atoms in total. The van der Waals surface area contributed by atoms with Crippen LogP contribution in [0.5, 0.6) is 0 Å². The highest BCUT2D eigenvalue weighted by atomic mass is 79.9. The van der Waals surface area contributed by atoms with Gasteiger partial charge in [0.15, 0.2) is 0 Å². The van der Waals surface area contributed by atoms with Crippen LogP contribution in [-0.4, -0.2) is 48.4 Å². The molecule has 0 atom stereocenters. The van der Waals surface area contributed by atoms with E-state index in [4.69, 9.17) is 4.74 Å². The van der Waals surface area contributed by atoms with Crippen LogP contribution in [0, 0.1) is 0 Å². The first kappa shape index (κ1) is 14.8. The van der Waals surface area contributed by atoms with E-state index in [0.29, 0.717) is 5.33 Å². The summed E-state index contributed by atoms with van der Waals surface area (Å²) in [4.78, 5) is 12.5. The fourth-order valence-electron chi connectivity index (χ4n) is 0.916. The van der Waals surface area contributed by atoms with E-state index < -0.39 is 18.9 Å². The van der Waals surface area contributed by atoms with E-state index in [-0.39, 0.29) is 19.3 Å². The Hall–Kier alpha value is -0.230. The molecule has 15 heavy (non-hydrogen) atoms. The summed E-state index contributed by atoms with van der Waals surface area (Å²) in [5.74, 6) is -0.400. The maximum atomic E-state index is 12.1. The molecule has 0 radical (unpaired) electrons. The number of amides is 1. The number of ether oxygens (including phenoxy) is 1. The molecule has 90 valence electrons. The van der Waals surface area contributed by atoms with Gasteiger partial charge in [-0.3, -0.25) is 4.79 Å². The second-order valence-electron chi connectivity index (χ2n) is 3.28. The van der Waals surface area contributed by atoms with Gasteiger partial charge in [0, 0.05) is 11.9 Å². The number of hydrogen-bond acceptors (Lipinski definition) is 2. The summed E-state index contributed by atoms with van der Waals surface area (Å²) in [6.07, 6.45) is -2.58. The van der Waals surface area contributed by atoms with Gasteiger partial charge in [0.25, 0.3) is 6.43 Å². The molecule has 0 N–H and O–H groups in total. The highest BCUT2D eigenvalue weighted by Crippen LogP contribution is 2.01. The average Bonchev–Trinajstić information content (AvgIpc) is 2.12. The minimum absolute atomic E-state index is 0.0775. The lowest BCUT2D eigenvalue weighted by molar-refractivity contribution is -0.139. The molecule has 0 heterocycles. The number of hydrogen-bond donors (Lipinski definition) is 0. The van der Waals surface area contributed by atoms with Crippen LogP contribution in [0.25, 0.3) is 0 Å².